The highest BCUT2D eigenvalue weighted by molar-refractivity contribution is 6.90. The van der Waals surface area contributed by atoms with Crippen LogP contribution >= 0.6 is 11.6 Å². The first-order valence-electron chi connectivity index (χ1n) is 21.8. The molecule has 0 spiro atoms. The van der Waals surface area contributed by atoms with Crippen molar-refractivity contribution in [1.82, 2.24) is 20.3 Å². The van der Waals surface area contributed by atoms with Crippen molar-refractivity contribution in [1.29, 1.82) is 0 Å². The second-order valence-electron chi connectivity index (χ2n) is 18.6. The Morgan fingerprint density at radius 2 is 1.72 bits per heavy atom. The van der Waals surface area contributed by atoms with Gasteiger partial charge in [0.1, 0.15) is 36.9 Å². The van der Waals surface area contributed by atoms with E-state index in [1.807, 2.05) is 0 Å². The average molecular weight is 881 g/mol. The van der Waals surface area contributed by atoms with Gasteiger partial charge in [-0.25, -0.2) is 23.0 Å². The van der Waals surface area contributed by atoms with Crippen LogP contribution in [0.3, 0.4) is 0 Å². The zero-order chi connectivity index (χ0) is 44.4. The highest BCUT2D eigenvalue weighted by atomic mass is 35.5. The van der Waals surface area contributed by atoms with Crippen LogP contribution in [-0.4, -0.2) is 78.8 Å². The van der Waals surface area contributed by atoms with Crippen molar-refractivity contribution >= 4 is 53.3 Å². The fourth-order valence-corrected chi connectivity index (χ4v) is 14.9. The highest BCUT2D eigenvalue weighted by Crippen LogP contribution is 2.45. The number of benzene rings is 3. The number of halogens is 4. The summed E-state index contributed by atoms with van der Waals surface area (Å²) in [7, 11) is -2.35. The number of fused-ring (bicyclic) bond motifs is 2. The van der Waals surface area contributed by atoms with Gasteiger partial charge in [0, 0.05) is 36.0 Å². The number of nitrogens with zero attached hydrogens (tertiary/aromatic N) is 4. The fourth-order valence-electron chi connectivity index (χ4n) is 9.36. The maximum Gasteiger partial charge on any atom is 0.429 e. The molecule has 9 nitrogen and oxygen atoms in total. The zero-order valence-corrected chi connectivity index (χ0v) is 38.8. The molecule has 2 N–H and O–H groups in total. The third-order valence-electron chi connectivity index (χ3n) is 12.2. The lowest BCUT2D eigenvalue weighted by Gasteiger charge is -2.38. The van der Waals surface area contributed by atoms with E-state index < -0.39 is 37.6 Å². The van der Waals surface area contributed by atoms with E-state index >= 15 is 8.78 Å². The molecule has 2 aliphatic heterocycles. The van der Waals surface area contributed by atoms with Crippen molar-refractivity contribution in [2.75, 3.05) is 37.8 Å². The number of hydrogen-bond donors (Lipinski definition) is 2. The minimum Gasteiger partial charge on any atom is -0.508 e. The second-order valence-corrected chi connectivity index (χ2v) is 24.6. The molecule has 3 aromatic carbocycles. The van der Waals surface area contributed by atoms with Crippen LogP contribution in [0.5, 0.6) is 11.8 Å². The van der Waals surface area contributed by atoms with Crippen LogP contribution < -0.4 is 15.1 Å². The van der Waals surface area contributed by atoms with Gasteiger partial charge in [0.05, 0.1) is 17.2 Å². The van der Waals surface area contributed by atoms with E-state index in [9.17, 15) is 14.3 Å². The number of aromatic hydroxyl groups is 1. The normalized spacial score (nSPS) is 18.3. The zero-order valence-electron chi connectivity index (χ0n) is 37.0. The van der Waals surface area contributed by atoms with E-state index in [4.69, 9.17) is 26.1 Å². The molecule has 6 rings (SSSR count). The van der Waals surface area contributed by atoms with Gasteiger partial charge in [0.15, 0.2) is 11.6 Å². The predicted molar refractivity (Wildman–Crippen MR) is 242 cm³/mol. The lowest BCUT2D eigenvalue weighted by molar-refractivity contribution is 0.0232. The van der Waals surface area contributed by atoms with Gasteiger partial charge in [-0.1, -0.05) is 65.1 Å². The maximum absolute atomic E-state index is 17.8. The summed E-state index contributed by atoms with van der Waals surface area (Å²) in [6.07, 6.45) is 2.39. The van der Waals surface area contributed by atoms with Crippen molar-refractivity contribution in [2.24, 2.45) is 5.92 Å². The van der Waals surface area contributed by atoms with Gasteiger partial charge >= 0.3 is 12.1 Å². The average Bonchev–Trinajstić information content (AvgIpc) is 3.42. The first-order valence-corrected chi connectivity index (χ1v) is 24.4. The van der Waals surface area contributed by atoms with Gasteiger partial charge in [-0.2, -0.15) is 9.97 Å². The van der Waals surface area contributed by atoms with Crippen LogP contribution in [0.15, 0.2) is 30.3 Å². The Balaban J connectivity index is 1.60. The molecule has 330 valence electrons. The number of alkyl halides is 1. The summed E-state index contributed by atoms with van der Waals surface area (Å²) < 4.78 is 60.9. The molecule has 2 aliphatic rings. The van der Waals surface area contributed by atoms with E-state index in [1.165, 1.54) is 35.3 Å². The molecule has 0 bridgehead atoms. The highest BCUT2D eigenvalue weighted by Gasteiger charge is 2.42. The number of hydrogen-bond acceptors (Lipinski definition) is 8. The lowest BCUT2D eigenvalue weighted by Crippen LogP contribution is -2.49. The number of phenols is 1. The van der Waals surface area contributed by atoms with Crippen LogP contribution in [0.2, 0.25) is 21.6 Å². The smallest absolute Gasteiger partial charge is 0.429 e. The number of carbonyl (C=O) groups excluding carboxylic acids is 1. The standard InChI is InChI=1S/C47H61ClF3N5O4Si/c1-28(2)61(29(3)4,30(5)6)21-17-35-39(50)16-15-32-23-34(57)24-36(40(32)35)41-38(48)25-37-43(42(41)51)53-45(59-27-31-14-13-18-52-26-33(49)22-31)54-44(37)55-19-11-10-12-20-56(55)46(58)60-47(7,8)9/h15-16,23-25,28-31,33,52,57H,10-14,18-20,22,26-27H2,1-9H3/t31-,33-/m1/s1. The van der Waals surface area contributed by atoms with Crippen molar-refractivity contribution in [3.63, 3.8) is 0 Å². The number of aromatic nitrogens is 2. The Morgan fingerprint density at radius 3 is 2.41 bits per heavy atom. The van der Waals surface area contributed by atoms with E-state index in [-0.39, 0.29) is 92.3 Å². The second kappa shape index (κ2) is 19.0. The molecule has 1 aromatic heterocycles. The Morgan fingerprint density at radius 1 is 1.02 bits per heavy atom. The number of hydrazine groups is 1. The van der Waals surface area contributed by atoms with Crippen molar-refractivity contribution < 1.29 is 32.5 Å². The van der Waals surface area contributed by atoms with Gasteiger partial charge in [-0.3, -0.25) is 5.01 Å². The van der Waals surface area contributed by atoms with E-state index in [2.05, 4.69) is 63.3 Å². The molecule has 0 saturated carbocycles. The Labute approximate surface area is 364 Å². The molecule has 0 aliphatic carbocycles. The van der Waals surface area contributed by atoms with Crippen molar-refractivity contribution in [3.8, 4) is 34.4 Å². The van der Waals surface area contributed by atoms with Crippen LogP contribution in [0, 0.1) is 29.0 Å². The summed E-state index contributed by atoms with van der Waals surface area (Å²) >= 11 is 7.14. The van der Waals surface area contributed by atoms with Crippen molar-refractivity contribution in [2.45, 2.75) is 129 Å². The fraction of sp³-hybridized carbons (Fsp3) is 0.553. The monoisotopic (exact) mass is 879 g/mol. The molecule has 3 heterocycles. The molecule has 14 heteroatoms. The van der Waals surface area contributed by atoms with Gasteiger partial charge in [-0.15, -0.1) is 5.54 Å². The van der Waals surface area contributed by atoms with Gasteiger partial charge in [0.2, 0.25) is 0 Å². The van der Waals surface area contributed by atoms with Crippen LogP contribution in [0.25, 0.3) is 32.8 Å². The molecule has 0 unspecified atom stereocenters. The number of nitrogens with one attached hydrogen (secondary N) is 1. The van der Waals surface area contributed by atoms with E-state index in [1.54, 1.807) is 25.8 Å². The molecule has 4 aromatic rings. The topological polar surface area (TPSA) is 100 Å². The lowest BCUT2D eigenvalue weighted by atomic mass is 9.93. The summed E-state index contributed by atoms with van der Waals surface area (Å²) in [6.45, 7) is 20.1. The first kappa shape index (κ1) is 46.3. The number of carbonyl (C=O) groups is 1. The van der Waals surface area contributed by atoms with Crippen LogP contribution in [0.1, 0.15) is 106 Å². The molecule has 2 atom stereocenters. The molecule has 2 saturated heterocycles. The number of amides is 1. The quantitative estimate of drug-likeness (QED) is 0.133. The number of anilines is 1. The molecular weight excluding hydrogens is 819 g/mol. The van der Waals surface area contributed by atoms with Crippen molar-refractivity contribution in [3.05, 3.63) is 52.6 Å². The molecule has 0 radical (unpaired) electrons. The maximum atomic E-state index is 17.8. The largest absolute Gasteiger partial charge is 0.508 e. The van der Waals surface area contributed by atoms with Crippen LogP contribution in [0.4, 0.5) is 23.8 Å². The van der Waals surface area contributed by atoms with E-state index in [0.29, 0.717) is 49.7 Å². The SMILES string of the molecule is CC(C)[Si](C#Cc1c(F)ccc2cc(O)cc(-c3c(Cl)cc4c(N5CCCCCN5C(=O)OC(C)(C)C)nc(OC[C@@H]5CCCNC[C@H](F)C5)nc4c3F)c12)(C(C)C)C(C)C. The molecule has 2 fully saturated rings. The summed E-state index contributed by atoms with van der Waals surface area (Å²) in [5, 5.41) is 18.3. The third kappa shape index (κ3) is 10.0. The Kier molecular flexibility index (Phi) is 14.4. The Hall–Kier alpha value is -4.25. The Bertz CT molecular complexity index is 2290. The van der Waals surface area contributed by atoms with Gasteiger partial charge < -0.3 is 19.9 Å². The first-order chi connectivity index (χ1) is 28.8. The number of ether oxygens (including phenoxy) is 2. The molecular formula is C47H61ClF3N5O4Si. The molecule has 1 amide bonds. The summed E-state index contributed by atoms with van der Waals surface area (Å²) in [4.78, 5) is 23.2. The summed E-state index contributed by atoms with van der Waals surface area (Å²) in [6, 6.07) is 7.10. The van der Waals surface area contributed by atoms with Crippen LogP contribution in [-0.2, 0) is 4.74 Å². The predicted octanol–water partition coefficient (Wildman–Crippen LogP) is 11.9. The van der Waals surface area contributed by atoms with Gasteiger partial charge in [0.25, 0.3) is 0 Å². The summed E-state index contributed by atoms with van der Waals surface area (Å²) in [5.41, 5.74) is 3.59. The van der Waals surface area contributed by atoms with E-state index in [0.717, 1.165) is 12.8 Å². The third-order valence-corrected chi connectivity index (χ3v) is 18.8. The van der Waals surface area contributed by atoms with Gasteiger partial charge in [-0.05, 0) is 124 Å². The summed E-state index contributed by atoms with van der Waals surface area (Å²) in [5.74, 6) is 1.69. The minimum absolute atomic E-state index is 0.0513. The number of rotatable bonds is 8. The minimum atomic E-state index is -2.35. The number of phenolic OH excluding ortho intramolecular Hbond substituents is 1. The molecule has 61 heavy (non-hydrogen) atoms.